The molecule has 4 heteroatoms. The van der Waals surface area contributed by atoms with Crippen LogP contribution in [0.1, 0.15) is 26.3 Å². The van der Waals surface area contributed by atoms with Gasteiger partial charge < -0.3 is 14.6 Å². The van der Waals surface area contributed by atoms with Crippen LogP contribution in [-0.2, 0) is 17.8 Å². The van der Waals surface area contributed by atoms with Crippen molar-refractivity contribution in [3.05, 3.63) is 72.3 Å². The van der Waals surface area contributed by atoms with Gasteiger partial charge in [-0.2, -0.15) is 0 Å². The second kappa shape index (κ2) is 8.00. The molecule has 4 aromatic rings. The van der Waals surface area contributed by atoms with Gasteiger partial charge in [0.25, 0.3) is 5.91 Å². The number of ether oxygens (including phenoxy) is 1. The number of benzene rings is 3. The Morgan fingerprint density at radius 1 is 0.966 bits per heavy atom. The van der Waals surface area contributed by atoms with Crippen molar-refractivity contribution in [1.82, 2.24) is 4.57 Å². The van der Waals surface area contributed by atoms with Gasteiger partial charge in [-0.05, 0) is 56.2 Å². The van der Waals surface area contributed by atoms with Crippen molar-refractivity contribution < 1.29 is 9.53 Å². The van der Waals surface area contributed by atoms with E-state index in [-0.39, 0.29) is 5.91 Å². The van der Waals surface area contributed by atoms with Gasteiger partial charge in [-0.3, -0.25) is 4.79 Å². The molecule has 0 aliphatic heterocycles. The average Bonchev–Trinajstić information content (AvgIpc) is 3.07. The molecule has 4 nitrogen and oxygen atoms in total. The highest BCUT2D eigenvalue weighted by Crippen LogP contribution is 2.31. The fraction of sp³-hybridized carbons (Fsp3) is 0.240. The van der Waals surface area contributed by atoms with E-state index < -0.39 is 6.10 Å². The first-order valence-electron chi connectivity index (χ1n) is 10.2. The number of carbonyl (C=O) groups excluding carboxylic acids is 1. The van der Waals surface area contributed by atoms with Gasteiger partial charge in [0, 0.05) is 34.0 Å². The minimum Gasteiger partial charge on any atom is -0.481 e. The van der Waals surface area contributed by atoms with Crippen molar-refractivity contribution in [3.8, 4) is 5.75 Å². The molecule has 0 bridgehead atoms. The van der Waals surface area contributed by atoms with E-state index in [0.29, 0.717) is 0 Å². The minimum absolute atomic E-state index is 0.158. The number of fused-ring (bicyclic) bond motifs is 3. The summed E-state index contributed by atoms with van der Waals surface area (Å²) in [5.74, 6) is 0.605. The fourth-order valence-electron chi connectivity index (χ4n) is 3.87. The highest BCUT2D eigenvalue weighted by molar-refractivity contribution is 6.10. The van der Waals surface area contributed by atoms with E-state index in [9.17, 15) is 4.79 Å². The lowest BCUT2D eigenvalue weighted by Gasteiger charge is -2.17. The van der Waals surface area contributed by atoms with E-state index in [0.717, 1.165) is 35.4 Å². The van der Waals surface area contributed by atoms with E-state index in [1.165, 1.54) is 16.4 Å². The molecule has 1 heterocycles. The van der Waals surface area contributed by atoms with E-state index in [1.807, 2.05) is 36.4 Å². The molecule has 1 amide bonds. The third-order valence-corrected chi connectivity index (χ3v) is 5.38. The van der Waals surface area contributed by atoms with Crippen LogP contribution in [0.4, 0.5) is 5.69 Å². The van der Waals surface area contributed by atoms with Gasteiger partial charge in [0.1, 0.15) is 5.75 Å². The monoisotopic (exact) mass is 386 g/mol. The Morgan fingerprint density at radius 3 is 2.48 bits per heavy atom. The number of rotatable bonds is 6. The molecule has 0 aliphatic rings. The van der Waals surface area contributed by atoms with Crippen molar-refractivity contribution in [2.45, 2.75) is 39.8 Å². The molecule has 4 rings (SSSR count). The van der Waals surface area contributed by atoms with Crippen molar-refractivity contribution >= 4 is 33.4 Å². The fourth-order valence-corrected chi connectivity index (χ4v) is 3.87. The lowest BCUT2D eigenvalue weighted by molar-refractivity contribution is -0.122. The molecule has 1 N–H and O–H groups in total. The zero-order valence-electron chi connectivity index (χ0n) is 17.1. The third kappa shape index (κ3) is 3.58. The first kappa shape index (κ1) is 19.1. The molecule has 0 fully saturated rings. The Balaban J connectivity index is 1.59. The van der Waals surface area contributed by atoms with Crippen LogP contribution < -0.4 is 10.1 Å². The first-order valence-corrected chi connectivity index (χ1v) is 10.2. The number of aryl methyl sites for hydroxylation is 2. The SMILES string of the molecule is CCc1ccccc1O[C@@H](C)C(=O)Nc1ccc2c(c1)c1ccccc1n2CC. The van der Waals surface area contributed by atoms with E-state index in [1.54, 1.807) is 6.92 Å². The van der Waals surface area contributed by atoms with Gasteiger partial charge in [-0.1, -0.05) is 43.3 Å². The quantitative estimate of drug-likeness (QED) is 0.456. The van der Waals surface area contributed by atoms with Crippen LogP contribution in [-0.4, -0.2) is 16.6 Å². The molecule has 0 unspecified atom stereocenters. The highest BCUT2D eigenvalue weighted by atomic mass is 16.5. The number of para-hydroxylation sites is 2. The van der Waals surface area contributed by atoms with Gasteiger partial charge >= 0.3 is 0 Å². The summed E-state index contributed by atoms with van der Waals surface area (Å²) in [5.41, 5.74) is 4.26. The minimum atomic E-state index is -0.588. The smallest absolute Gasteiger partial charge is 0.265 e. The number of hydrogen-bond acceptors (Lipinski definition) is 2. The Morgan fingerprint density at radius 2 is 1.69 bits per heavy atom. The van der Waals surface area contributed by atoms with Crippen LogP contribution in [0.25, 0.3) is 21.8 Å². The van der Waals surface area contributed by atoms with Crippen molar-refractivity contribution in [3.63, 3.8) is 0 Å². The summed E-state index contributed by atoms with van der Waals surface area (Å²) in [6, 6.07) is 22.3. The van der Waals surface area contributed by atoms with Gasteiger partial charge in [0.15, 0.2) is 6.10 Å². The Bertz CT molecular complexity index is 1180. The second-order valence-corrected chi connectivity index (χ2v) is 7.20. The first-order chi connectivity index (χ1) is 14.1. The number of hydrogen-bond donors (Lipinski definition) is 1. The zero-order valence-corrected chi connectivity index (χ0v) is 17.1. The van der Waals surface area contributed by atoms with Gasteiger partial charge in [-0.15, -0.1) is 0 Å². The normalized spacial score (nSPS) is 12.2. The molecule has 1 atom stereocenters. The summed E-state index contributed by atoms with van der Waals surface area (Å²) in [5, 5.41) is 5.35. The van der Waals surface area contributed by atoms with E-state index in [2.05, 4.69) is 54.1 Å². The molecule has 0 saturated carbocycles. The second-order valence-electron chi connectivity index (χ2n) is 7.20. The number of aromatic nitrogens is 1. The van der Waals surface area contributed by atoms with Crippen LogP contribution in [0.3, 0.4) is 0 Å². The Labute approximate surface area is 171 Å². The number of nitrogens with one attached hydrogen (secondary N) is 1. The highest BCUT2D eigenvalue weighted by Gasteiger charge is 2.17. The molecule has 0 spiro atoms. The maximum atomic E-state index is 12.7. The summed E-state index contributed by atoms with van der Waals surface area (Å²) in [6.45, 7) is 6.91. The van der Waals surface area contributed by atoms with Gasteiger partial charge in [-0.25, -0.2) is 0 Å². The maximum Gasteiger partial charge on any atom is 0.265 e. The van der Waals surface area contributed by atoms with E-state index >= 15 is 0 Å². The van der Waals surface area contributed by atoms with Crippen molar-refractivity contribution in [1.29, 1.82) is 0 Å². The number of amides is 1. The largest absolute Gasteiger partial charge is 0.481 e. The number of nitrogens with zero attached hydrogens (tertiary/aromatic N) is 1. The van der Waals surface area contributed by atoms with E-state index in [4.69, 9.17) is 4.74 Å². The molecule has 1 aromatic heterocycles. The molecule has 3 aromatic carbocycles. The van der Waals surface area contributed by atoms with Crippen LogP contribution in [0.5, 0.6) is 5.75 Å². The summed E-state index contributed by atoms with van der Waals surface area (Å²) < 4.78 is 8.23. The lowest BCUT2D eigenvalue weighted by atomic mass is 10.1. The molecule has 29 heavy (non-hydrogen) atoms. The Hall–Kier alpha value is -3.27. The summed E-state index contributed by atoms with van der Waals surface area (Å²) in [6.07, 6.45) is 0.276. The predicted molar refractivity (Wildman–Crippen MR) is 120 cm³/mol. The third-order valence-electron chi connectivity index (χ3n) is 5.38. The van der Waals surface area contributed by atoms with Crippen LogP contribution >= 0.6 is 0 Å². The molecular weight excluding hydrogens is 360 g/mol. The van der Waals surface area contributed by atoms with Crippen molar-refractivity contribution in [2.75, 3.05) is 5.32 Å². The topological polar surface area (TPSA) is 43.3 Å². The average molecular weight is 386 g/mol. The summed E-state index contributed by atoms with van der Waals surface area (Å²) in [4.78, 5) is 12.7. The van der Waals surface area contributed by atoms with Gasteiger partial charge in [0.05, 0.1) is 0 Å². The van der Waals surface area contributed by atoms with Crippen LogP contribution in [0.15, 0.2) is 66.7 Å². The van der Waals surface area contributed by atoms with Gasteiger partial charge in [0.2, 0.25) is 0 Å². The Kier molecular flexibility index (Phi) is 5.26. The lowest BCUT2D eigenvalue weighted by Crippen LogP contribution is -2.30. The molecule has 0 saturated heterocycles. The zero-order chi connectivity index (χ0) is 20.4. The van der Waals surface area contributed by atoms with Crippen LogP contribution in [0, 0.1) is 0 Å². The number of anilines is 1. The number of carbonyl (C=O) groups is 1. The maximum absolute atomic E-state index is 12.7. The molecular formula is C25H26N2O2. The molecule has 0 aliphatic carbocycles. The summed E-state index contributed by atoms with van der Waals surface area (Å²) in [7, 11) is 0. The van der Waals surface area contributed by atoms with Crippen molar-refractivity contribution in [2.24, 2.45) is 0 Å². The summed E-state index contributed by atoms with van der Waals surface area (Å²) >= 11 is 0. The molecule has 0 radical (unpaired) electrons. The predicted octanol–water partition coefficient (Wildman–Crippen LogP) is 5.78. The molecule has 148 valence electrons. The standard InChI is InChI=1S/C25H26N2O2/c1-4-18-10-6-9-13-24(18)29-17(3)25(28)26-19-14-15-23-21(16-19)20-11-7-8-12-22(20)27(23)5-2/h6-17H,4-5H2,1-3H3,(H,26,28)/t17-/m0/s1. The van der Waals surface area contributed by atoms with Crippen LogP contribution in [0.2, 0.25) is 0 Å².